The summed E-state index contributed by atoms with van der Waals surface area (Å²) in [5.41, 5.74) is 0.0795. The summed E-state index contributed by atoms with van der Waals surface area (Å²) >= 11 is 0. The third-order valence-electron chi connectivity index (χ3n) is 2.47. The molecule has 2 heteroatoms. The van der Waals surface area contributed by atoms with E-state index in [1.807, 2.05) is 0 Å². The fraction of sp³-hybridized carbons (Fsp3) is 0.818. The van der Waals surface area contributed by atoms with Gasteiger partial charge < -0.3 is 10.1 Å². The summed E-state index contributed by atoms with van der Waals surface area (Å²) in [6.45, 7) is 5.05. The van der Waals surface area contributed by atoms with Crippen LogP contribution in [0.2, 0.25) is 0 Å². The van der Waals surface area contributed by atoms with Crippen LogP contribution in [0.1, 0.15) is 32.6 Å². The summed E-state index contributed by atoms with van der Waals surface area (Å²) in [6, 6.07) is 0. The van der Waals surface area contributed by atoms with Gasteiger partial charge >= 0.3 is 0 Å². The molecule has 74 valence electrons. The van der Waals surface area contributed by atoms with E-state index in [-0.39, 0.29) is 5.60 Å². The summed E-state index contributed by atoms with van der Waals surface area (Å²) < 4.78 is 5.64. The molecule has 1 N–H and O–H groups in total. The maximum Gasteiger partial charge on any atom is 0.0779 e. The second-order valence-corrected chi connectivity index (χ2v) is 3.89. The van der Waals surface area contributed by atoms with Crippen LogP contribution in [0.3, 0.4) is 0 Å². The number of unbranched alkanes of at least 4 members (excludes halogenated alkanes) is 1. The number of rotatable bonds is 5. The monoisotopic (exact) mass is 181 g/mol. The predicted octanol–water partition coefficient (Wildman–Crippen LogP) is 1.56. The van der Waals surface area contributed by atoms with Crippen LogP contribution >= 0.6 is 0 Å². The van der Waals surface area contributed by atoms with Crippen molar-refractivity contribution in [1.82, 2.24) is 5.32 Å². The third kappa shape index (κ3) is 3.80. The van der Waals surface area contributed by atoms with Gasteiger partial charge in [-0.05, 0) is 32.7 Å². The van der Waals surface area contributed by atoms with Gasteiger partial charge in [0.25, 0.3) is 0 Å². The maximum absolute atomic E-state index is 5.64. The molecular weight excluding hydrogens is 162 g/mol. The van der Waals surface area contributed by atoms with Crippen LogP contribution in [0.15, 0.2) is 0 Å². The van der Waals surface area contributed by atoms with E-state index in [1.54, 1.807) is 0 Å². The molecule has 0 aliphatic carbocycles. The van der Waals surface area contributed by atoms with Gasteiger partial charge in [0.1, 0.15) is 0 Å². The largest absolute Gasteiger partial charge is 0.374 e. The summed E-state index contributed by atoms with van der Waals surface area (Å²) in [5, 5.41) is 3.38. The molecule has 0 amide bonds. The first-order valence-electron chi connectivity index (χ1n) is 5.05. The molecule has 1 heterocycles. The normalized spacial score (nSPS) is 27.4. The zero-order valence-corrected chi connectivity index (χ0v) is 8.44. The lowest BCUT2D eigenvalue weighted by molar-refractivity contribution is 0.0210. The summed E-state index contributed by atoms with van der Waals surface area (Å²) in [5.74, 6) is 2.63. The zero-order chi connectivity index (χ0) is 9.57. The molecule has 0 aromatic heterocycles. The Kier molecular flexibility index (Phi) is 4.27. The van der Waals surface area contributed by atoms with Gasteiger partial charge in [0.2, 0.25) is 0 Å². The Morgan fingerprint density at radius 2 is 2.46 bits per heavy atom. The fourth-order valence-corrected chi connectivity index (χ4v) is 1.64. The SMILES string of the molecule is C#CCCCNCC1(C)CCCO1. The summed E-state index contributed by atoms with van der Waals surface area (Å²) in [7, 11) is 0. The number of hydrogen-bond donors (Lipinski definition) is 1. The molecule has 0 bridgehead atoms. The minimum absolute atomic E-state index is 0.0795. The number of ether oxygens (including phenoxy) is 1. The molecule has 1 aliphatic rings. The molecule has 13 heavy (non-hydrogen) atoms. The van der Waals surface area contributed by atoms with Gasteiger partial charge in [-0.25, -0.2) is 0 Å². The summed E-state index contributed by atoms with van der Waals surface area (Å²) in [4.78, 5) is 0. The van der Waals surface area contributed by atoms with Gasteiger partial charge in [-0.2, -0.15) is 0 Å². The zero-order valence-electron chi connectivity index (χ0n) is 8.44. The fourth-order valence-electron chi connectivity index (χ4n) is 1.64. The molecule has 1 rings (SSSR count). The van der Waals surface area contributed by atoms with Gasteiger partial charge in [-0.3, -0.25) is 0 Å². The molecule has 0 aromatic carbocycles. The lowest BCUT2D eigenvalue weighted by Crippen LogP contribution is -2.37. The van der Waals surface area contributed by atoms with E-state index in [2.05, 4.69) is 18.2 Å². The Bertz CT molecular complexity index is 177. The molecule has 1 fully saturated rings. The average molecular weight is 181 g/mol. The molecule has 1 unspecified atom stereocenters. The topological polar surface area (TPSA) is 21.3 Å². The molecule has 0 saturated carbocycles. The molecule has 0 spiro atoms. The minimum atomic E-state index is 0.0795. The molecule has 1 aliphatic heterocycles. The highest BCUT2D eigenvalue weighted by Crippen LogP contribution is 2.23. The van der Waals surface area contributed by atoms with E-state index >= 15 is 0 Å². The van der Waals surface area contributed by atoms with E-state index < -0.39 is 0 Å². The number of hydrogen-bond acceptors (Lipinski definition) is 2. The van der Waals surface area contributed by atoms with E-state index in [1.165, 1.54) is 12.8 Å². The van der Waals surface area contributed by atoms with E-state index in [9.17, 15) is 0 Å². The van der Waals surface area contributed by atoms with Crippen molar-refractivity contribution in [3.63, 3.8) is 0 Å². The first-order valence-corrected chi connectivity index (χ1v) is 5.05. The van der Waals surface area contributed by atoms with Crippen molar-refractivity contribution in [2.75, 3.05) is 19.7 Å². The standard InChI is InChI=1S/C11H19NO/c1-3-4-5-8-12-10-11(2)7-6-9-13-11/h1,12H,4-10H2,2H3. The lowest BCUT2D eigenvalue weighted by Gasteiger charge is -2.23. The predicted molar refractivity (Wildman–Crippen MR) is 54.5 cm³/mol. The minimum Gasteiger partial charge on any atom is -0.374 e. The molecular formula is C11H19NO. The van der Waals surface area contributed by atoms with Gasteiger partial charge in [0, 0.05) is 19.6 Å². The van der Waals surface area contributed by atoms with Crippen molar-refractivity contribution >= 4 is 0 Å². The molecule has 2 nitrogen and oxygen atoms in total. The van der Waals surface area contributed by atoms with Crippen molar-refractivity contribution in [2.24, 2.45) is 0 Å². The van der Waals surface area contributed by atoms with Gasteiger partial charge in [0.05, 0.1) is 5.60 Å². The van der Waals surface area contributed by atoms with Crippen LogP contribution in [-0.2, 0) is 4.74 Å². The highest BCUT2D eigenvalue weighted by Gasteiger charge is 2.28. The Morgan fingerprint density at radius 1 is 1.62 bits per heavy atom. The molecule has 0 radical (unpaired) electrons. The van der Waals surface area contributed by atoms with Crippen molar-refractivity contribution in [3.05, 3.63) is 0 Å². The second kappa shape index (κ2) is 5.26. The second-order valence-electron chi connectivity index (χ2n) is 3.89. The molecule has 0 aromatic rings. The van der Waals surface area contributed by atoms with E-state index in [0.29, 0.717) is 0 Å². The first kappa shape index (κ1) is 10.6. The van der Waals surface area contributed by atoms with E-state index in [4.69, 9.17) is 11.2 Å². The Morgan fingerprint density at radius 3 is 3.08 bits per heavy atom. The van der Waals surface area contributed by atoms with Crippen molar-refractivity contribution in [1.29, 1.82) is 0 Å². The average Bonchev–Trinajstić information content (AvgIpc) is 2.53. The Labute approximate surface area is 81.0 Å². The molecule has 1 saturated heterocycles. The third-order valence-corrected chi connectivity index (χ3v) is 2.47. The summed E-state index contributed by atoms with van der Waals surface area (Å²) in [6.07, 6.45) is 9.46. The lowest BCUT2D eigenvalue weighted by atomic mass is 10.0. The van der Waals surface area contributed by atoms with Gasteiger partial charge in [0.15, 0.2) is 0 Å². The van der Waals surface area contributed by atoms with E-state index in [0.717, 1.165) is 32.5 Å². The van der Waals surface area contributed by atoms with Crippen LogP contribution in [0, 0.1) is 12.3 Å². The molecule has 1 atom stereocenters. The first-order chi connectivity index (χ1) is 6.27. The van der Waals surface area contributed by atoms with Gasteiger partial charge in [-0.15, -0.1) is 12.3 Å². The van der Waals surface area contributed by atoms with Crippen LogP contribution in [0.5, 0.6) is 0 Å². The van der Waals surface area contributed by atoms with Crippen LogP contribution in [-0.4, -0.2) is 25.3 Å². The van der Waals surface area contributed by atoms with Gasteiger partial charge in [-0.1, -0.05) is 0 Å². The maximum atomic E-state index is 5.64. The van der Waals surface area contributed by atoms with Crippen LogP contribution in [0.25, 0.3) is 0 Å². The number of terminal acetylenes is 1. The number of nitrogens with one attached hydrogen (secondary N) is 1. The van der Waals surface area contributed by atoms with Crippen LogP contribution in [0.4, 0.5) is 0 Å². The van der Waals surface area contributed by atoms with Crippen molar-refractivity contribution in [3.8, 4) is 12.3 Å². The van der Waals surface area contributed by atoms with Crippen molar-refractivity contribution in [2.45, 2.75) is 38.2 Å². The Balaban J connectivity index is 2.02. The smallest absolute Gasteiger partial charge is 0.0779 e. The van der Waals surface area contributed by atoms with Crippen LogP contribution < -0.4 is 5.32 Å². The van der Waals surface area contributed by atoms with Crippen molar-refractivity contribution < 1.29 is 4.74 Å². The Hall–Kier alpha value is -0.520. The quantitative estimate of drug-likeness (QED) is 0.513. The highest BCUT2D eigenvalue weighted by molar-refractivity contribution is 4.85. The highest BCUT2D eigenvalue weighted by atomic mass is 16.5.